The second-order valence-corrected chi connectivity index (χ2v) is 7.59. The van der Waals surface area contributed by atoms with Gasteiger partial charge in [0.05, 0.1) is 6.20 Å². The van der Waals surface area contributed by atoms with E-state index >= 15 is 0 Å². The Morgan fingerprint density at radius 3 is 2.84 bits per heavy atom. The smallest absolute Gasteiger partial charge is 0.274 e. The minimum absolute atomic E-state index is 0.0376. The Hall–Kier alpha value is -2.15. The molecule has 2 aromatic rings. The van der Waals surface area contributed by atoms with E-state index in [0.717, 1.165) is 11.3 Å². The Morgan fingerprint density at radius 2 is 2.20 bits per heavy atom. The van der Waals surface area contributed by atoms with Crippen molar-refractivity contribution in [3.8, 4) is 0 Å². The lowest BCUT2D eigenvalue weighted by atomic mass is 9.92. The van der Waals surface area contributed by atoms with Gasteiger partial charge in [-0.25, -0.2) is 0 Å². The monoisotopic (exact) mass is 343 g/mol. The van der Waals surface area contributed by atoms with Crippen LogP contribution in [0.1, 0.15) is 66.3 Å². The van der Waals surface area contributed by atoms with Gasteiger partial charge in [0.25, 0.3) is 5.91 Å². The molecular weight excluding hydrogens is 318 g/mol. The van der Waals surface area contributed by atoms with E-state index in [9.17, 15) is 9.90 Å². The molecule has 2 aromatic heterocycles. The highest BCUT2D eigenvalue weighted by Crippen LogP contribution is 2.39. The van der Waals surface area contributed by atoms with Gasteiger partial charge in [-0.3, -0.25) is 14.6 Å². The lowest BCUT2D eigenvalue weighted by Gasteiger charge is -2.14. The number of hydrogen-bond donors (Lipinski definition) is 2. The van der Waals surface area contributed by atoms with Crippen LogP contribution in [0.5, 0.6) is 0 Å². The van der Waals surface area contributed by atoms with Crippen molar-refractivity contribution in [3.63, 3.8) is 0 Å². The zero-order valence-corrected chi connectivity index (χ0v) is 14.7. The number of hydrogen-bond acceptors (Lipinski definition) is 4. The maximum Gasteiger partial charge on any atom is 0.274 e. The van der Waals surface area contributed by atoms with Gasteiger partial charge in [0.1, 0.15) is 5.69 Å². The van der Waals surface area contributed by atoms with Crippen LogP contribution in [0.3, 0.4) is 0 Å². The van der Waals surface area contributed by atoms with E-state index in [1.807, 2.05) is 28.0 Å². The number of carbonyl (C=O) groups excluding carboxylic acids is 1. The highest BCUT2D eigenvalue weighted by Gasteiger charge is 2.38. The summed E-state index contributed by atoms with van der Waals surface area (Å²) in [5.74, 6) is 0.645. The van der Waals surface area contributed by atoms with Crippen molar-refractivity contribution in [1.82, 2.24) is 24.9 Å². The first-order valence-electron chi connectivity index (χ1n) is 9.06. The predicted octanol–water partition coefficient (Wildman–Crippen LogP) is 1.91. The van der Waals surface area contributed by atoms with Crippen LogP contribution in [-0.2, 0) is 0 Å². The summed E-state index contributed by atoms with van der Waals surface area (Å²) in [5.41, 5.74) is 2.64. The summed E-state index contributed by atoms with van der Waals surface area (Å²) in [6.07, 6.45) is 6.24. The standard InChI is InChI=1S/C18H25N5O2/c1-11(2)23-8-13(6-19-23)15-9-22(7-14(15)10-24)18(25)17-5-16(20-21-17)12-3-4-12/h5-6,8,11-12,14-15,24H,3-4,7,9-10H2,1-2H3,(H,20,21)/t14-,15-/m0/s1. The van der Waals surface area contributed by atoms with Crippen LogP contribution in [0.2, 0.25) is 0 Å². The molecule has 0 radical (unpaired) electrons. The van der Waals surface area contributed by atoms with Crippen LogP contribution < -0.4 is 0 Å². The van der Waals surface area contributed by atoms with E-state index in [2.05, 4.69) is 29.1 Å². The number of aliphatic hydroxyl groups excluding tert-OH is 1. The summed E-state index contributed by atoms with van der Waals surface area (Å²) in [7, 11) is 0. The fourth-order valence-electron chi connectivity index (χ4n) is 3.64. The van der Waals surface area contributed by atoms with Crippen LogP contribution >= 0.6 is 0 Å². The molecule has 2 fully saturated rings. The van der Waals surface area contributed by atoms with Gasteiger partial charge in [0, 0.05) is 55.4 Å². The molecule has 2 atom stereocenters. The van der Waals surface area contributed by atoms with Gasteiger partial charge in [0.15, 0.2) is 0 Å². The number of likely N-dealkylation sites (tertiary alicyclic amines) is 1. The van der Waals surface area contributed by atoms with Crippen molar-refractivity contribution in [3.05, 3.63) is 35.4 Å². The van der Waals surface area contributed by atoms with Gasteiger partial charge in [-0.15, -0.1) is 0 Å². The van der Waals surface area contributed by atoms with E-state index in [0.29, 0.717) is 30.7 Å². The van der Waals surface area contributed by atoms with E-state index in [-0.39, 0.29) is 24.3 Å². The summed E-state index contributed by atoms with van der Waals surface area (Å²) in [6.45, 7) is 5.38. The largest absolute Gasteiger partial charge is 0.396 e. The Balaban J connectivity index is 1.50. The molecule has 134 valence electrons. The van der Waals surface area contributed by atoms with Crippen molar-refractivity contribution in [2.75, 3.05) is 19.7 Å². The summed E-state index contributed by atoms with van der Waals surface area (Å²) >= 11 is 0. The third kappa shape index (κ3) is 3.08. The molecule has 25 heavy (non-hydrogen) atoms. The van der Waals surface area contributed by atoms with Crippen LogP contribution in [0, 0.1) is 5.92 Å². The number of rotatable bonds is 5. The molecule has 1 aliphatic heterocycles. The maximum atomic E-state index is 12.8. The minimum Gasteiger partial charge on any atom is -0.396 e. The second kappa shape index (κ2) is 6.29. The maximum absolute atomic E-state index is 12.8. The van der Waals surface area contributed by atoms with Gasteiger partial charge < -0.3 is 10.0 Å². The fraction of sp³-hybridized carbons (Fsp3) is 0.611. The number of nitrogens with zero attached hydrogens (tertiary/aromatic N) is 4. The molecule has 0 aromatic carbocycles. The number of carbonyl (C=O) groups is 1. The third-order valence-corrected chi connectivity index (χ3v) is 5.38. The quantitative estimate of drug-likeness (QED) is 0.868. The highest BCUT2D eigenvalue weighted by atomic mass is 16.3. The number of aromatic amines is 1. The average Bonchev–Trinajstić information content (AvgIpc) is 3.07. The number of nitrogens with one attached hydrogen (secondary N) is 1. The lowest BCUT2D eigenvalue weighted by Crippen LogP contribution is -2.29. The van der Waals surface area contributed by atoms with Gasteiger partial charge in [-0.05, 0) is 38.3 Å². The predicted molar refractivity (Wildman–Crippen MR) is 92.4 cm³/mol. The molecule has 2 N–H and O–H groups in total. The number of aliphatic hydroxyl groups is 1. The number of amides is 1. The SMILES string of the molecule is CC(C)n1cc([C@@H]2CN(C(=O)c3cc(C4CC4)[nH]n3)C[C@H]2CO)cn1. The zero-order chi connectivity index (χ0) is 17.6. The lowest BCUT2D eigenvalue weighted by molar-refractivity contribution is 0.0775. The molecular formula is C18H25N5O2. The molecule has 0 unspecified atom stereocenters. The Morgan fingerprint density at radius 1 is 1.40 bits per heavy atom. The molecule has 1 aliphatic carbocycles. The summed E-state index contributed by atoms with van der Waals surface area (Å²) in [6, 6.07) is 2.18. The van der Waals surface area contributed by atoms with E-state index in [1.54, 1.807) is 0 Å². The van der Waals surface area contributed by atoms with E-state index < -0.39 is 0 Å². The average molecular weight is 343 g/mol. The first-order valence-corrected chi connectivity index (χ1v) is 9.06. The minimum atomic E-state index is -0.0552. The fourth-order valence-corrected chi connectivity index (χ4v) is 3.64. The number of aromatic nitrogens is 4. The van der Waals surface area contributed by atoms with Crippen molar-refractivity contribution in [2.45, 2.75) is 44.6 Å². The van der Waals surface area contributed by atoms with Gasteiger partial charge >= 0.3 is 0 Å². The molecule has 1 amide bonds. The third-order valence-electron chi connectivity index (χ3n) is 5.38. The van der Waals surface area contributed by atoms with Crippen molar-refractivity contribution in [1.29, 1.82) is 0 Å². The Kier molecular flexibility index (Phi) is 4.11. The van der Waals surface area contributed by atoms with Crippen molar-refractivity contribution >= 4 is 5.91 Å². The highest BCUT2D eigenvalue weighted by molar-refractivity contribution is 5.92. The first kappa shape index (κ1) is 16.3. The molecule has 1 saturated carbocycles. The molecule has 1 saturated heterocycles. The van der Waals surface area contributed by atoms with E-state index in [1.165, 1.54) is 12.8 Å². The number of H-pyrrole nitrogens is 1. The summed E-state index contributed by atoms with van der Waals surface area (Å²) < 4.78 is 1.92. The molecule has 0 bridgehead atoms. The molecule has 2 aliphatic rings. The molecule has 7 nitrogen and oxygen atoms in total. The van der Waals surface area contributed by atoms with Gasteiger partial charge in [-0.2, -0.15) is 10.2 Å². The van der Waals surface area contributed by atoms with Crippen LogP contribution in [0.4, 0.5) is 0 Å². The second-order valence-electron chi connectivity index (χ2n) is 7.59. The Bertz CT molecular complexity index is 761. The first-order chi connectivity index (χ1) is 12.1. The normalized spacial score (nSPS) is 23.6. The van der Waals surface area contributed by atoms with Crippen molar-refractivity contribution < 1.29 is 9.90 Å². The van der Waals surface area contributed by atoms with Crippen LogP contribution in [0.25, 0.3) is 0 Å². The van der Waals surface area contributed by atoms with E-state index in [4.69, 9.17) is 0 Å². The summed E-state index contributed by atoms with van der Waals surface area (Å²) in [4.78, 5) is 14.6. The topological polar surface area (TPSA) is 87.0 Å². The molecule has 7 heteroatoms. The molecule has 4 rings (SSSR count). The van der Waals surface area contributed by atoms with Crippen LogP contribution in [0.15, 0.2) is 18.5 Å². The van der Waals surface area contributed by atoms with Gasteiger partial charge in [-0.1, -0.05) is 0 Å². The van der Waals surface area contributed by atoms with Gasteiger partial charge in [0.2, 0.25) is 0 Å². The molecule has 0 spiro atoms. The summed E-state index contributed by atoms with van der Waals surface area (Å²) in [5, 5.41) is 21.4. The zero-order valence-electron chi connectivity index (χ0n) is 14.7. The van der Waals surface area contributed by atoms with Crippen molar-refractivity contribution in [2.24, 2.45) is 5.92 Å². The Labute approximate surface area is 147 Å². The molecule has 3 heterocycles. The van der Waals surface area contributed by atoms with Crippen LogP contribution in [-0.4, -0.2) is 55.6 Å².